The second-order valence-electron chi connectivity index (χ2n) is 10.4. The molecular formula is C33H42N4OS2. The smallest absolute Gasteiger partial charge is 0.222 e. The molecule has 0 fully saturated rings. The molecule has 0 bridgehead atoms. The number of amides is 1. The molecule has 0 aliphatic carbocycles. The highest BCUT2D eigenvalue weighted by atomic mass is 32.1. The summed E-state index contributed by atoms with van der Waals surface area (Å²) < 4.78 is 0. The quantitative estimate of drug-likeness (QED) is 0.133. The molecule has 212 valence electrons. The number of aromatic nitrogens is 2. The largest absolute Gasteiger partial charge is 0.336 e. The zero-order valence-corrected chi connectivity index (χ0v) is 26.0. The summed E-state index contributed by atoms with van der Waals surface area (Å²) in [6.45, 7) is 9.87. The first-order valence-electron chi connectivity index (χ1n) is 14.6. The second kappa shape index (κ2) is 15.2. The van der Waals surface area contributed by atoms with E-state index in [1.807, 2.05) is 17.3 Å². The molecule has 0 atom stereocenters. The summed E-state index contributed by atoms with van der Waals surface area (Å²) >= 11 is 3.46. The van der Waals surface area contributed by atoms with Gasteiger partial charge in [-0.2, -0.15) is 0 Å². The Morgan fingerprint density at radius 3 is 1.68 bits per heavy atom. The van der Waals surface area contributed by atoms with E-state index in [1.165, 1.54) is 21.6 Å². The van der Waals surface area contributed by atoms with Gasteiger partial charge in [0.1, 0.15) is 10.0 Å². The maximum atomic E-state index is 12.7. The van der Waals surface area contributed by atoms with Crippen molar-refractivity contribution >= 4 is 28.6 Å². The van der Waals surface area contributed by atoms with Gasteiger partial charge in [-0.25, -0.2) is 9.97 Å². The van der Waals surface area contributed by atoms with Crippen LogP contribution in [0.1, 0.15) is 69.3 Å². The monoisotopic (exact) mass is 574 g/mol. The minimum absolute atomic E-state index is 0.248. The Labute approximate surface area is 247 Å². The van der Waals surface area contributed by atoms with Gasteiger partial charge in [0.05, 0.1) is 22.8 Å². The zero-order chi connectivity index (χ0) is 28.3. The van der Waals surface area contributed by atoms with Gasteiger partial charge < -0.3 is 4.90 Å². The molecule has 2 aromatic carbocycles. The normalized spacial score (nSPS) is 11.3. The van der Waals surface area contributed by atoms with Crippen LogP contribution in [0.25, 0.3) is 32.0 Å². The first-order chi connectivity index (χ1) is 19.5. The molecule has 2 aromatic heterocycles. The first kappa shape index (κ1) is 30.1. The van der Waals surface area contributed by atoms with Gasteiger partial charge in [0.25, 0.3) is 0 Å². The van der Waals surface area contributed by atoms with Crippen molar-refractivity contribution in [3.05, 3.63) is 70.9 Å². The summed E-state index contributed by atoms with van der Waals surface area (Å²) in [7, 11) is 2.15. The van der Waals surface area contributed by atoms with Crippen LogP contribution in [0, 0.1) is 0 Å². The van der Waals surface area contributed by atoms with Crippen molar-refractivity contribution in [1.29, 1.82) is 0 Å². The van der Waals surface area contributed by atoms with Crippen molar-refractivity contribution in [2.24, 2.45) is 0 Å². The van der Waals surface area contributed by atoms with Gasteiger partial charge in [0, 0.05) is 25.4 Å². The number of hydrogen-bond donors (Lipinski definition) is 0. The number of hydrogen-bond acceptors (Lipinski definition) is 6. The van der Waals surface area contributed by atoms with Crippen LogP contribution in [0.3, 0.4) is 0 Å². The summed E-state index contributed by atoms with van der Waals surface area (Å²) in [4.78, 5) is 28.7. The molecule has 0 aliphatic heterocycles. The average Bonchev–Trinajstić information content (AvgIpc) is 3.63. The van der Waals surface area contributed by atoms with Crippen LogP contribution in [0.4, 0.5) is 0 Å². The summed E-state index contributed by atoms with van der Waals surface area (Å²) in [5.74, 6) is 0.248. The number of unbranched alkanes of at least 4 members (excludes halogenated alkanes) is 2. The van der Waals surface area contributed by atoms with Crippen LogP contribution in [-0.4, -0.2) is 45.8 Å². The number of carbonyl (C=O) groups excluding carboxylic acids is 1. The van der Waals surface area contributed by atoms with E-state index >= 15 is 0 Å². The molecule has 0 radical (unpaired) electrons. The lowest BCUT2D eigenvalue weighted by Gasteiger charge is -2.21. The van der Waals surface area contributed by atoms with Crippen molar-refractivity contribution < 1.29 is 4.79 Å². The fourth-order valence-electron chi connectivity index (χ4n) is 4.79. The number of thiazole rings is 2. The van der Waals surface area contributed by atoms with Gasteiger partial charge >= 0.3 is 0 Å². The SMILES string of the molecule is CCCCCC(=O)N(CCC)Cc1ncc(-c2ccc(-c3ccc(-c4cnc(CN(C)CCC)s4)cc3)cc2)s1. The number of benzene rings is 2. The van der Waals surface area contributed by atoms with Gasteiger partial charge in [-0.3, -0.25) is 9.69 Å². The molecule has 40 heavy (non-hydrogen) atoms. The molecule has 1 amide bonds. The van der Waals surface area contributed by atoms with Crippen molar-refractivity contribution in [2.45, 2.75) is 72.4 Å². The predicted molar refractivity (Wildman–Crippen MR) is 171 cm³/mol. The molecule has 4 rings (SSSR count). The average molecular weight is 575 g/mol. The molecule has 0 N–H and O–H groups in total. The van der Waals surface area contributed by atoms with Gasteiger partial charge in [-0.1, -0.05) is 82.1 Å². The molecule has 0 spiro atoms. The third-order valence-corrected chi connectivity index (χ3v) is 9.02. The van der Waals surface area contributed by atoms with Crippen LogP contribution < -0.4 is 0 Å². The maximum absolute atomic E-state index is 12.7. The van der Waals surface area contributed by atoms with E-state index in [1.54, 1.807) is 22.7 Å². The highest BCUT2D eigenvalue weighted by Crippen LogP contribution is 2.32. The van der Waals surface area contributed by atoms with E-state index in [0.717, 1.165) is 72.2 Å². The van der Waals surface area contributed by atoms with E-state index in [-0.39, 0.29) is 5.91 Å². The van der Waals surface area contributed by atoms with Crippen molar-refractivity contribution in [1.82, 2.24) is 19.8 Å². The van der Waals surface area contributed by atoms with Crippen LogP contribution in [-0.2, 0) is 17.9 Å². The lowest BCUT2D eigenvalue weighted by molar-refractivity contribution is -0.132. The minimum atomic E-state index is 0.248. The second-order valence-corrected chi connectivity index (χ2v) is 12.6. The zero-order valence-electron chi connectivity index (χ0n) is 24.4. The molecule has 5 nitrogen and oxygen atoms in total. The Bertz CT molecular complexity index is 1330. The summed E-state index contributed by atoms with van der Waals surface area (Å²) in [5, 5.41) is 2.16. The summed E-state index contributed by atoms with van der Waals surface area (Å²) in [6, 6.07) is 17.5. The van der Waals surface area contributed by atoms with Gasteiger partial charge in [0.15, 0.2) is 0 Å². The fourth-order valence-corrected chi connectivity index (χ4v) is 6.73. The Morgan fingerprint density at radius 1 is 0.675 bits per heavy atom. The Kier molecular flexibility index (Phi) is 11.5. The lowest BCUT2D eigenvalue weighted by Crippen LogP contribution is -2.31. The summed E-state index contributed by atoms with van der Waals surface area (Å²) in [6.07, 6.45) is 9.90. The van der Waals surface area contributed by atoms with Gasteiger partial charge in [-0.15, -0.1) is 22.7 Å². The maximum Gasteiger partial charge on any atom is 0.222 e. The Balaban J connectivity index is 1.38. The van der Waals surface area contributed by atoms with Crippen LogP contribution in [0.2, 0.25) is 0 Å². The Hall–Kier alpha value is -2.87. The van der Waals surface area contributed by atoms with Crippen molar-refractivity contribution in [3.63, 3.8) is 0 Å². The predicted octanol–water partition coefficient (Wildman–Crippen LogP) is 8.76. The van der Waals surface area contributed by atoms with Crippen LogP contribution in [0.5, 0.6) is 0 Å². The highest BCUT2D eigenvalue weighted by Gasteiger charge is 2.15. The van der Waals surface area contributed by atoms with E-state index < -0.39 is 0 Å². The van der Waals surface area contributed by atoms with E-state index in [2.05, 4.69) is 91.2 Å². The molecule has 0 saturated heterocycles. The molecule has 2 heterocycles. The van der Waals surface area contributed by atoms with E-state index in [0.29, 0.717) is 13.0 Å². The van der Waals surface area contributed by atoms with Gasteiger partial charge in [0.2, 0.25) is 5.91 Å². The first-order valence-corrected chi connectivity index (χ1v) is 16.2. The third kappa shape index (κ3) is 8.32. The van der Waals surface area contributed by atoms with E-state index in [9.17, 15) is 4.79 Å². The van der Waals surface area contributed by atoms with E-state index in [4.69, 9.17) is 0 Å². The number of nitrogens with zero attached hydrogens (tertiary/aromatic N) is 4. The summed E-state index contributed by atoms with van der Waals surface area (Å²) in [5.41, 5.74) is 4.76. The molecule has 7 heteroatoms. The van der Waals surface area contributed by atoms with Crippen molar-refractivity contribution in [3.8, 4) is 32.0 Å². The lowest BCUT2D eigenvalue weighted by atomic mass is 10.0. The standard InChI is InChI=1S/C33H42N4OS2/c1-5-8-9-10-33(38)37(20-7-3)24-32-35-22-30(40-32)28-17-13-26(14-18-28)25-11-15-27(16-12-25)29-21-34-31(39-29)23-36(4)19-6-2/h11-18,21-22H,5-10,19-20,23-24H2,1-4H3. The van der Waals surface area contributed by atoms with Crippen LogP contribution >= 0.6 is 22.7 Å². The molecule has 0 aliphatic rings. The fraction of sp³-hybridized carbons (Fsp3) is 0.424. The Morgan fingerprint density at radius 2 is 1.18 bits per heavy atom. The number of rotatable bonds is 15. The molecule has 0 saturated carbocycles. The van der Waals surface area contributed by atoms with Crippen molar-refractivity contribution in [2.75, 3.05) is 20.1 Å². The minimum Gasteiger partial charge on any atom is -0.336 e. The topological polar surface area (TPSA) is 49.3 Å². The number of carbonyl (C=O) groups is 1. The van der Waals surface area contributed by atoms with Gasteiger partial charge in [-0.05, 0) is 55.1 Å². The third-order valence-electron chi connectivity index (χ3n) is 6.96. The molecule has 0 unspecified atom stereocenters. The molecular weight excluding hydrogens is 533 g/mol. The van der Waals surface area contributed by atoms with Crippen LogP contribution in [0.15, 0.2) is 60.9 Å². The highest BCUT2D eigenvalue weighted by molar-refractivity contribution is 7.15. The molecule has 4 aromatic rings.